The van der Waals surface area contributed by atoms with Gasteiger partial charge in [0.05, 0.1) is 32.2 Å². The molecule has 3 heterocycles. The van der Waals surface area contributed by atoms with Crippen molar-refractivity contribution in [2.45, 2.75) is 71.9 Å². The summed E-state index contributed by atoms with van der Waals surface area (Å²) in [5.41, 5.74) is 2.83. The van der Waals surface area contributed by atoms with Crippen LogP contribution in [0, 0.1) is 16.2 Å². The second-order valence-electron chi connectivity index (χ2n) is 10.6. The normalized spacial score (nSPS) is 26.1. The third kappa shape index (κ3) is 3.41. The maximum absolute atomic E-state index is 12.5. The molecule has 1 aliphatic heterocycles. The second kappa shape index (κ2) is 6.17. The van der Waals surface area contributed by atoms with Crippen LogP contribution < -0.4 is 10.2 Å². The van der Waals surface area contributed by atoms with E-state index in [0.717, 1.165) is 40.2 Å². The van der Waals surface area contributed by atoms with Gasteiger partial charge >= 0.3 is 0 Å². The van der Waals surface area contributed by atoms with E-state index in [9.17, 15) is 4.79 Å². The number of aromatic amines is 1. The molecule has 5 nitrogen and oxygen atoms in total. The van der Waals surface area contributed by atoms with Crippen LogP contribution in [0.5, 0.6) is 0 Å². The second-order valence-corrected chi connectivity index (χ2v) is 11.7. The molecule has 4 rings (SSSR count). The number of aromatic nitrogens is 1. The van der Waals surface area contributed by atoms with Crippen molar-refractivity contribution in [2.75, 3.05) is 11.9 Å². The molecule has 0 aromatic carbocycles. The first-order valence-corrected chi connectivity index (χ1v) is 11.0. The minimum absolute atomic E-state index is 0.0204. The van der Waals surface area contributed by atoms with Crippen LogP contribution in [-0.4, -0.2) is 35.2 Å². The van der Waals surface area contributed by atoms with Gasteiger partial charge in [-0.1, -0.05) is 34.6 Å². The van der Waals surface area contributed by atoms with Gasteiger partial charge in [-0.3, -0.25) is 10.1 Å². The molecule has 2 aromatic rings. The maximum atomic E-state index is 12.5. The van der Waals surface area contributed by atoms with Crippen LogP contribution in [0.2, 0.25) is 0 Å². The highest BCUT2D eigenvalue weighted by Crippen LogP contribution is 2.49. The molecule has 1 saturated carbocycles. The Labute approximate surface area is 171 Å². The van der Waals surface area contributed by atoms with Crippen molar-refractivity contribution < 1.29 is 4.79 Å². The quantitative estimate of drug-likeness (QED) is 0.503. The third-order valence-corrected chi connectivity index (χ3v) is 7.45. The summed E-state index contributed by atoms with van der Waals surface area (Å²) < 4.78 is 1.11. The maximum Gasteiger partial charge on any atom is 0.227 e. The molecule has 6 heteroatoms. The molecule has 152 valence electrons. The summed E-state index contributed by atoms with van der Waals surface area (Å²) in [5.74, 6) is 0.137. The largest absolute Gasteiger partial charge is 0.353 e. The number of rotatable bonds is 4. The van der Waals surface area contributed by atoms with Crippen LogP contribution in [0.25, 0.3) is 10.2 Å². The van der Waals surface area contributed by atoms with Gasteiger partial charge in [-0.2, -0.15) is 0 Å². The number of hydrogen-bond donors (Lipinski definition) is 3. The lowest BCUT2D eigenvalue weighted by Gasteiger charge is -2.32. The number of amides is 1. The van der Waals surface area contributed by atoms with E-state index in [-0.39, 0.29) is 16.9 Å². The topological polar surface area (TPSA) is 81.9 Å². The van der Waals surface area contributed by atoms with Crippen molar-refractivity contribution in [3.05, 3.63) is 17.8 Å². The van der Waals surface area contributed by atoms with Gasteiger partial charge in [-0.25, -0.2) is 0 Å². The van der Waals surface area contributed by atoms with Gasteiger partial charge in [0.2, 0.25) is 5.91 Å². The third-order valence-electron chi connectivity index (χ3n) is 6.29. The predicted octanol–water partition coefficient (Wildman–Crippen LogP) is 4.92. The molecule has 28 heavy (non-hydrogen) atoms. The molecule has 1 saturated heterocycles. The van der Waals surface area contributed by atoms with Crippen molar-refractivity contribution in [1.82, 2.24) is 10.3 Å². The first-order chi connectivity index (χ1) is 12.9. The molecular formula is C22H32N4OS. The van der Waals surface area contributed by atoms with Crippen LogP contribution in [-0.2, 0) is 4.79 Å². The average Bonchev–Trinajstić information content (AvgIpc) is 2.92. The smallest absolute Gasteiger partial charge is 0.227 e. The number of H-pyrrole nitrogens is 1. The number of anilines is 1. The Hall–Kier alpha value is -1.66. The van der Waals surface area contributed by atoms with Crippen LogP contribution in [0.4, 0.5) is 5.00 Å². The fourth-order valence-corrected chi connectivity index (χ4v) is 5.48. The number of carbonyl (C=O) groups is 1. The van der Waals surface area contributed by atoms with Gasteiger partial charge in [0.15, 0.2) is 0 Å². The molecule has 0 radical (unpaired) electrons. The Balaban J connectivity index is 1.51. The van der Waals surface area contributed by atoms with E-state index in [1.807, 2.05) is 13.1 Å². The number of hydrogen-bond acceptors (Lipinski definition) is 4. The van der Waals surface area contributed by atoms with Gasteiger partial charge in [0, 0.05) is 19.5 Å². The first-order valence-electron chi connectivity index (χ1n) is 10.2. The van der Waals surface area contributed by atoms with Crippen molar-refractivity contribution >= 4 is 38.2 Å². The number of thiophene rings is 1. The Bertz CT molecular complexity index is 916. The summed E-state index contributed by atoms with van der Waals surface area (Å²) in [7, 11) is 1.85. The molecule has 2 atom stereocenters. The van der Waals surface area contributed by atoms with E-state index in [0.29, 0.717) is 23.6 Å². The minimum atomic E-state index is -0.134. The van der Waals surface area contributed by atoms with E-state index >= 15 is 0 Å². The van der Waals surface area contributed by atoms with Crippen molar-refractivity contribution in [2.24, 2.45) is 10.8 Å². The van der Waals surface area contributed by atoms with Crippen LogP contribution >= 0.6 is 11.3 Å². The molecule has 3 N–H and O–H groups in total. The molecule has 2 aliphatic rings. The molecule has 1 aliphatic carbocycles. The molecule has 0 spiro atoms. The van der Waals surface area contributed by atoms with Crippen molar-refractivity contribution in [1.29, 1.82) is 5.41 Å². The highest BCUT2D eigenvalue weighted by atomic mass is 32.1. The van der Waals surface area contributed by atoms with E-state index in [4.69, 9.17) is 5.41 Å². The zero-order valence-electron chi connectivity index (χ0n) is 17.8. The zero-order valence-corrected chi connectivity index (χ0v) is 18.6. The summed E-state index contributed by atoms with van der Waals surface area (Å²) in [6, 6.07) is 4.55. The van der Waals surface area contributed by atoms with Gasteiger partial charge in [0.25, 0.3) is 0 Å². The van der Waals surface area contributed by atoms with Gasteiger partial charge in [-0.15, -0.1) is 11.3 Å². The molecule has 1 amide bonds. The summed E-state index contributed by atoms with van der Waals surface area (Å²) >= 11 is 1.61. The molecule has 2 unspecified atom stereocenters. The Kier molecular flexibility index (Phi) is 4.33. The molecule has 0 bridgehead atoms. The van der Waals surface area contributed by atoms with Crippen LogP contribution in [0.15, 0.2) is 12.1 Å². The Morgan fingerprint density at radius 2 is 2.04 bits per heavy atom. The average molecular weight is 401 g/mol. The fraction of sp³-hybridized carbons (Fsp3) is 0.636. The standard InChI is InChI=1S/C22H32N4OS/c1-20(2,3)12-17(27)26(6)18-10-13-15(28-18)9-14(24-13)19(23)22-8-7-21(4,5)11-16(22)25-22/h9-10,16,23-25H,7-8,11-12H2,1-6H3. The SMILES string of the molecule is CN(C(=O)CC(C)(C)C)c1cc2[nH]c(C(=N)C34CCC(C)(C)CC3N4)cc2s1. The van der Waals surface area contributed by atoms with Crippen molar-refractivity contribution in [3.63, 3.8) is 0 Å². The summed E-state index contributed by atoms with van der Waals surface area (Å²) in [6.45, 7) is 10.9. The van der Waals surface area contributed by atoms with Crippen LogP contribution in [0.3, 0.4) is 0 Å². The fourth-order valence-electron chi connectivity index (χ4n) is 4.45. The summed E-state index contributed by atoms with van der Waals surface area (Å²) in [4.78, 5) is 17.7. The lowest BCUT2D eigenvalue weighted by atomic mass is 9.71. The number of fused-ring (bicyclic) bond motifs is 2. The molecule has 2 fully saturated rings. The zero-order chi connectivity index (χ0) is 20.5. The number of nitrogens with zero attached hydrogens (tertiary/aromatic N) is 1. The monoisotopic (exact) mass is 400 g/mol. The summed E-state index contributed by atoms with van der Waals surface area (Å²) in [5, 5.41) is 13.4. The predicted molar refractivity (Wildman–Crippen MR) is 118 cm³/mol. The van der Waals surface area contributed by atoms with Crippen LogP contribution in [0.1, 0.15) is 66.0 Å². The van der Waals surface area contributed by atoms with Crippen molar-refractivity contribution in [3.8, 4) is 0 Å². The number of carbonyl (C=O) groups excluding carboxylic acids is 1. The number of nitrogens with one attached hydrogen (secondary N) is 3. The van der Waals surface area contributed by atoms with E-state index in [1.54, 1.807) is 16.2 Å². The van der Waals surface area contributed by atoms with Gasteiger partial charge in [0.1, 0.15) is 0 Å². The van der Waals surface area contributed by atoms with E-state index < -0.39 is 0 Å². The summed E-state index contributed by atoms with van der Waals surface area (Å²) in [6.07, 6.45) is 3.84. The highest BCUT2D eigenvalue weighted by Gasteiger charge is 2.61. The minimum Gasteiger partial charge on any atom is -0.353 e. The molecular weight excluding hydrogens is 368 g/mol. The van der Waals surface area contributed by atoms with E-state index in [2.05, 4.69) is 51.0 Å². The molecule has 2 aromatic heterocycles. The van der Waals surface area contributed by atoms with E-state index in [1.165, 1.54) is 0 Å². The lowest BCUT2D eigenvalue weighted by molar-refractivity contribution is -0.119. The first kappa shape index (κ1) is 19.6. The lowest BCUT2D eigenvalue weighted by Crippen LogP contribution is -2.36. The van der Waals surface area contributed by atoms with Gasteiger partial charge < -0.3 is 15.3 Å². The Morgan fingerprint density at radius 1 is 1.32 bits per heavy atom. The van der Waals surface area contributed by atoms with Gasteiger partial charge in [-0.05, 0) is 42.2 Å². The highest BCUT2D eigenvalue weighted by molar-refractivity contribution is 7.23. The Morgan fingerprint density at radius 3 is 2.64 bits per heavy atom.